The third kappa shape index (κ3) is 5.94. The minimum Gasteiger partial charge on any atom is -0.444 e. The molecular formula is C17H21N3O7. The number of benzene rings is 1. The van der Waals surface area contributed by atoms with Crippen LogP contribution in [-0.4, -0.2) is 52.7 Å². The largest absolute Gasteiger partial charge is 0.444 e. The Morgan fingerprint density at radius 2 is 1.85 bits per heavy atom. The highest BCUT2D eigenvalue weighted by atomic mass is 16.6. The van der Waals surface area contributed by atoms with Gasteiger partial charge in [-0.1, -0.05) is 0 Å². The summed E-state index contributed by atoms with van der Waals surface area (Å²) in [4.78, 5) is 47.2. The molecule has 1 aliphatic heterocycles. The molecule has 1 aromatic carbocycles. The Kier molecular flexibility index (Phi) is 5.98. The minimum absolute atomic E-state index is 0.0116. The summed E-state index contributed by atoms with van der Waals surface area (Å²) in [7, 11) is 0. The van der Waals surface area contributed by atoms with E-state index in [9.17, 15) is 24.5 Å². The summed E-state index contributed by atoms with van der Waals surface area (Å²) in [6.45, 7) is 5.94. The second-order valence-electron chi connectivity index (χ2n) is 7.04. The molecule has 27 heavy (non-hydrogen) atoms. The van der Waals surface area contributed by atoms with Gasteiger partial charge >= 0.3 is 18.2 Å². The number of nitro benzene ring substituents is 1. The van der Waals surface area contributed by atoms with Gasteiger partial charge in [-0.15, -0.1) is 0 Å². The number of hydrogen-bond acceptors (Lipinski definition) is 7. The van der Waals surface area contributed by atoms with Crippen LogP contribution in [0.2, 0.25) is 0 Å². The average molecular weight is 379 g/mol. The number of carbonyl (C=O) groups excluding carboxylic acids is 3. The van der Waals surface area contributed by atoms with Crippen LogP contribution in [0.4, 0.5) is 15.3 Å². The van der Waals surface area contributed by atoms with Crippen molar-refractivity contribution in [2.24, 2.45) is 0 Å². The van der Waals surface area contributed by atoms with Crippen molar-refractivity contribution in [3.05, 3.63) is 39.9 Å². The van der Waals surface area contributed by atoms with E-state index in [-0.39, 0.29) is 23.8 Å². The number of likely N-dealkylation sites (tertiary alicyclic amines) is 1. The second kappa shape index (κ2) is 8.02. The predicted octanol–water partition coefficient (Wildman–Crippen LogP) is 2.47. The van der Waals surface area contributed by atoms with Crippen molar-refractivity contribution in [2.45, 2.75) is 38.8 Å². The number of ether oxygens (including phenoxy) is 2. The van der Waals surface area contributed by atoms with E-state index in [4.69, 9.17) is 4.74 Å². The van der Waals surface area contributed by atoms with Gasteiger partial charge < -0.3 is 19.7 Å². The second-order valence-corrected chi connectivity index (χ2v) is 7.04. The zero-order chi connectivity index (χ0) is 20.2. The van der Waals surface area contributed by atoms with Gasteiger partial charge in [-0.05, 0) is 39.3 Å². The van der Waals surface area contributed by atoms with Gasteiger partial charge in [0.05, 0.1) is 16.5 Å². The van der Waals surface area contributed by atoms with Gasteiger partial charge in [-0.25, -0.2) is 14.4 Å². The number of nitrogens with zero attached hydrogens (tertiary/aromatic N) is 2. The highest BCUT2D eigenvalue weighted by Gasteiger charge is 2.31. The summed E-state index contributed by atoms with van der Waals surface area (Å²) >= 11 is 0. The highest BCUT2D eigenvalue weighted by Crippen LogP contribution is 2.16. The first-order valence-corrected chi connectivity index (χ1v) is 8.30. The van der Waals surface area contributed by atoms with Crippen molar-refractivity contribution in [2.75, 3.05) is 13.1 Å². The molecule has 1 fully saturated rings. The molecule has 0 unspecified atom stereocenters. The summed E-state index contributed by atoms with van der Waals surface area (Å²) in [5, 5.41) is 13.1. The third-order valence-corrected chi connectivity index (χ3v) is 3.66. The predicted molar refractivity (Wildman–Crippen MR) is 93.3 cm³/mol. The van der Waals surface area contributed by atoms with Gasteiger partial charge in [-0.2, -0.15) is 0 Å². The summed E-state index contributed by atoms with van der Waals surface area (Å²) < 4.78 is 9.95. The molecule has 1 aromatic rings. The molecule has 1 saturated heterocycles. The van der Waals surface area contributed by atoms with Gasteiger partial charge in [0.2, 0.25) is 0 Å². The summed E-state index contributed by atoms with van der Waals surface area (Å²) in [6, 6.07) is 4.32. The van der Waals surface area contributed by atoms with Crippen LogP contribution in [0.25, 0.3) is 0 Å². The first kappa shape index (κ1) is 20.1. The molecule has 0 radical (unpaired) electrons. The van der Waals surface area contributed by atoms with Gasteiger partial charge in [0.1, 0.15) is 5.60 Å². The summed E-state index contributed by atoms with van der Waals surface area (Å²) in [5.41, 5.74) is -0.777. The molecule has 1 N–H and O–H groups in total. The normalized spacial score (nSPS) is 16.6. The zero-order valence-electron chi connectivity index (χ0n) is 15.3. The lowest BCUT2D eigenvalue weighted by atomic mass is 10.2. The molecule has 1 heterocycles. The average Bonchev–Trinajstić information content (AvgIpc) is 3.01. The lowest BCUT2D eigenvalue weighted by Crippen LogP contribution is -2.40. The Hall–Kier alpha value is -3.17. The Labute approximate surface area is 155 Å². The van der Waals surface area contributed by atoms with Crippen LogP contribution in [0.1, 0.15) is 37.6 Å². The molecule has 0 spiro atoms. The molecule has 0 aromatic heterocycles. The van der Waals surface area contributed by atoms with E-state index >= 15 is 0 Å². The standard InChI is InChI=1S/C17H21N3O7/c1-17(2,3)27-16(23)19-9-8-12(10-19)18-15(22)26-14(21)11-4-6-13(7-5-11)20(24)25/h4-7,12H,8-10H2,1-3H3,(H,18,22)/t12-/m1/s1. The molecule has 2 amide bonds. The van der Waals surface area contributed by atoms with Crippen LogP contribution in [0.15, 0.2) is 24.3 Å². The molecular weight excluding hydrogens is 358 g/mol. The van der Waals surface area contributed by atoms with Gasteiger partial charge in [0.15, 0.2) is 0 Å². The first-order valence-electron chi connectivity index (χ1n) is 8.30. The molecule has 146 valence electrons. The van der Waals surface area contributed by atoms with E-state index in [0.29, 0.717) is 13.0 Å². The summed E-state index contributed by atoms with van der Waals surface area (Å²) in [6.07, 6.45) is -0.920. The van der Waals surface area contributed by atoms with E-state index in [0.717, 1.165) is 12.1 Å². The molecule has 10 nitrogen and oxygen atoms in total. The Bertz CT molecular complexity index is 740. The van der Waals surface area contributed by atoms with E-state index in [1.807, 2.05) is 0 Å². The number of esters is 1. The first-order chi connectivity index (χ1) is 12.5. The zero-order valence-corrected chi connectivity index (χ0v) is 15.3. The quantitative estimate of drug-likeness (QED) is 0.370. The Morgan fingerprint density at radius 3 is 2.41 bits per heavy atom. The number of rotatable bonds is 3. The number of hydrogen-bond donors (Lipinski definition) is 1. The number of alkyl carbamates (subject to hydrolysis) is 1. The molecule has 2 rings (SSSR count). The van der Waals surface area contributed by atoms with E-state index in [1.54, 1.807) is 20.8 Å². The fourth-order valence-electron chi connectivity index (χ4n) is 2.43. The smallest absolute Gasteiger partial charge is 0.415 e. The number of carbonyl (C=O) groups is 3. The Morgan fingerprint density at radius 1 is 1.22 bits per heavy atom. The highest BCUT2D eigenvalue weighted by molar-refractivity contribution is 5.96. The van der Waals surface area contributed by atoms with E-state index in [2.05, 4.69) is 10.1 Å². The molecule has 10 heteroatoms. The maximum Gasteiger partial charge on any atom is 0.415 e. The van der Waals surface area contributed by atoms with Crippen molar-refractivity contribution in [3.63, 3.8) is 0 Å². The van der Waals surface area contributed by atoms with Gasteiger partial charge in [-0.3, -0.25) is 10.1 Å². The summed E-state index contributed by atoms with van der Waals surface area (Å²) in [5.74, 6) is -0.926. The fraction of sp³-hybridized carbons (Fsp3) is 0.471. The van der Waals surface area contributed by atoms with Crippen LogP contribution in [-0.2, 0) is 9.47 Å². The molecule has 0 saturated carbocycles. The Balaban J connectivity index is 1.83. The number of nitro groups is 1. The fourth-order valence-corrected chi connectivity index (χ4v) is 2.43. The number of amides is 2. The van der Waals surface area contributed by atoms with Crippen molar-refractivity contribution in [1.29, 1.82) is 0 Å². The van der Waals surface area contributed by atoms with Crippen molar-refractivity contribution in [1.82, 2.24) is 10.2 Å². The van der Waals surface area contributed by atoms with Crippen molar-refractivity contribution >= 4 is 23.8 Å². The number of nitrogens with one attached hydrogen (secondary N) is 1. The van der Waals surface area contributed by atoms with E-state index < -0.39 is 28.7 Å². The van der Waals surface area contributed by atoms with Gasteiger partial charge in [0.25, 0.3) is 5.69 Å². The van der Waals surface area contributed by atoms with Crippen molar-refractivity contribution in [3.8, 4) is 0 Å². The molecule has 0 aliphatic carbocycles. The lowest BCUT2D eigenvalue weighted by molar-refractivity contribution is -0.384. The van der Waals surface area contributed by atoms with E-state index in [1.165, 1.54) is 17.0 Å². The van der Waals surface area contributed by atoms with Crippen LogP contribution < -0.4 is 5.32 Å². The van der Waals surface area contributed by atoms with Crippen LogP contribution in [0, 0.1) is 10.1 Å². The van der Waals surface area contributed by atoms with Gasteiger partial charge in [0, 0.05) is 25.2 Å². The topological polar surface area (TPSA) is 128 Å². The monoisotopic (exact) mass is 379 g/mol. The molecule has 0 bridgehead atoms. The number of non-ortho nitro benzene ring substituents is 1. The molecule has 1 aliphatic rings. The maximum absolute atomic E-state index is 12.0. The maximum atomic E-state index is 12.0. The molecule has 1 atom stereocenters. The lowest BCUT2D eigenvalue weighted by Gasteiger charge is -2.24. The van der Waals surface area contributed by atoms with Crippen molar-refractivity contribution < 1.29 is 28.8 Å². The van der Waals surface area contributed by atoms with Crippen LogP contribution >= 0.6 is 0 Å². The van der Waals surface area contributed by atoms with Crippen LogP contribution in [0.5, 0.6) is 0 Å². The SMILES string of the molecule is CC(C)(C)OC(=O)N1CC[C@@H](NC(=O)OC(=O)c2ccc([N+](=O)[O-])cc2)C1. The minimum atomic E-state index is -0.950. The van der Waals surface area contributed by atoms with Crippen LogP contribution in [0.3, 0.4) is 0 Å². The third-order valence-electron chi connectivity index (χ3n) is 3.66.